The topological polar surface area (TPSA) is 52.6 Å². The lowest BCUT2D eigenvalue weighted by Crippen LogP contribution is -2.50. The first-order valence-corrected chi connectivity index (χ1v) is 7.70. The smallest absolute Gasteiger partial charge is 0.264 e. The standard InChI is InChI=1S/C11H13BrO4S/c1-17(13,14)16-8-11(6-15-7-11)9-3-2-4-10(12)5-9/h2-5H,6-8H2,1H3. The summed E-state index contributed by atoms with van der Waals surface area (Å²) >= 11 is 3.40. The van der Waals surface area contributed by atoms with Crippen molar-refractivity contribution in [3.05, 3.63) is 34.3 Å². The first-order chi connectivity index (χ1) is 7.91. The molecule has 1 aromatic rings. The maximum atomic E-state index is 11.0. The highest BCUT2D eigenvalue weighted by atomic mass is 79.9. The molecule has 0 N–H and O–H groups in total. The largest absolute Gasteiger partial charge is 0.379 e. The summed E-state index contributed by atoms with van der Waals surface area (Å²) in [6.45, 7) is 1.10. The second-order valence-corrected chi connectivity index (χ2v) is 6.81. The van der Waals surface area contributed by atoms with E-state index < -0.39 is 10.1 Å². The van der Waals surface area contributed by atoms with Crippen molar-refractivity contribution in [3.8, 4) is 0 Å². The van der Waals surface area contributed by atoms with E-state index in [1.165, 1.54) is 0 Å². The van der Waals surface area contributed by atoms with E-state index >= 15 is 0 Å². The van der Waals surface area contributed by atoms with Gasteiger partial charge < -0.3 is 4.74 Å². The summed E-state index contributed by atoms with van der Waals surface area (Å²) in [5.41, 5.74) is 0.689. The Kier molecular flexibility index (Phi) is 3.58. The molecule has 0 bridgehead atoms. The van der Waals surface area contributed by atoms with E-state index in [2.05, 4.69) is 15.9 Å². The van der Waals surface area contributed by atoms with Gasteiger partial charge in [0.15, 0.2) is 0 Å². The van der Waals surface area contributed by atoms with Gasteiger partial charge in [-0.15, -0.1) is 0 Å². The van der Waals surface area contributed by atoms with E-state index in [1.807, 2.05) is 24.3 Å². The molecule has 0 atom stereocenters. The minimum Gasteiger partial charge on any atom is -0.379 e. The van der Waals surface area contributed by atoms with Gasteiger partial charge >= 0.3 is 0 Å². The van der Waals surface area contributed by atoms with Crippen LogP contribution in [0.2, 0.25) is 0 Å². The number of halogens is 1. The lowest BCUT2D eigenvalue weighted by atomic mass is 9.79. The maximum Gasteiger partial charge on any atom is 0.264 e. The Balaban J connectivity index is 2.20. The Hall–Kier alpha value is -0.430. The van der Waals surface area contributed by atoms with E-state index in [4.69, 9.17) is 8.92 Å². The minimum absolute atomic E-state index is 0.127. The molecule has 4 nitrogen and oxygen atoms in total. The van der Waals surface area contributed by atoms with Crippen molar-refractivity contribution >= 4 is 26.0 Å². The lowest BCUT2D eigenvalue weighted by molar-refractivity contribution is -0.0785. The highest BCUT2D eigenvalue weighted by molar-refractivity contribution is 9.10. The molecule has 0 radical (unpaired) electrons. The molecule has 1 fully saturated rings. The molecular formula is C11H13BrO4S. The van der Waals surface area contributed by atoms with Gasteiger partial charge in [-0.1, -0.05) is 28.1 Å². The Morgan fingerprint density at radius 1 is 1.47 bits per heavy atom. The van der Waals surface area contributed by atoms with Gasteiger partial charge in [0.05, 0.1) is 31.5 Å². The molecule has 17 heavy (non-hydrogen) atoms. The van der Waals surface area contributed by atoms with E-state index in [0.29, 0.717) is 13.2 Å². The molecule has 1 aromatic carbocycles. The quantitative estimate of drug-likeness (QED) is 0.792. The van der Waals surface area contributed by atoms with Gasteiger partial charge in [0.2, 0.25) is 0 Å². The number of benzene rings is 1. The molecule has 0 aromatic heterocycles. The van der Waals surface area contributed by atoms with Crippen molar-refractivity contribution in [2.24, 2.45) is 0 Å². The molecular weight excluding hydrogens is 308 g/mol. The lowest BCUT2D eigenvalue weighted by Gasteiger charge is -2.41. The molecule has 1 aliphatic rings. The van der Waals surface area contributed by atoms with Crippen LogP contribution in [0.5, 0.6) is 0 Å². The normalized spacial score (nSPS) is 18.7. The Morgan fingerprint density at radius 3 is 2.65 bits per heavy atom. The van der Waals surface area contributed by atoms with Gasteiger partial charge in [0, 0.05) is 4.47 Å². The number of ether oxygens (including phenoxy) is 1. The van der Waals surface area contributed by atoms with Crippen molar-refractivity contribution in [1.29, 1.82) is 0 Å². The summed E-state index contributed by atoms with van der Waals surface area (Å²) < 4.78 is 33.2. The molecule has 1 aliphatic heterocycles. The molecule has 6 heteroatoms. The fraction of sp³-hybridized carbons (Fsp3) is 0.455. The van der Waals surface area contributed by atoms with E-state index in [9.17, 15) is 8.42 Å². The van der Waals surface area contributed by atoms with Crippen LogP contribution in [0.1, 0.15) is 5.56 Å². The SMILES string of the molecule is CS(=O)(=O)OCC1(c2cccc(Br)c2)COC1. The number of hydrogen-bond donors (Lipinski definition) is 0. The first-order valence-electron chi connectivity index (χ1n) is 5.10. The van der Waals surface area contributed by atoms with E-state index in [0.717, 1.165) is 16.3 Å². The van der Waals surface area contributed by atoms with Crippen LogP contribution in [-0.4, -0.2) is 34.5 Å². The summed E-state index contributed by atoms with van der Waals surface area (Å²) in [6.07, 6.45) is 1.06. The van der Waals surface area contributed by atoms with Crippen LogP contribution in [0, 0.1) is 0 Å². The predicted octanol–water partition coefficient (Wildman–Crippen LogP) is 1.69. The zero-order chi connectivity index (χ0) is 12.5. The average molecular weight is 321 g/mol. The fourth-order valence-corrected chi connectivity index (χ4v) is 2.56. The van der Waals surface area contributed by atoms with Gasteiger partial charge in [0.1, 0.15) is 0 Å². The third-order valence-corrected chi connectivity index (χ3v) is 3.78. The van der Waals surface area contributed by atoms with Crippen LogP contribution in [0.3, 0.4) is 0 Å². The third-order valence-electron chi connectivity index (χ3n) is 2.74. The summed E-state index contributed by atoms with van der Waals surface area (Å²) in [6, 6.07) is 7.77. The van der Waals surface area contributed by atoms with Gasteiger partial charge in [0.25, 0.3) is 10.1 Å². The first kappa shape index (κ1) is 13.0. The van der Waals surface area contributed by atoms with Crippen molar-refractivity contribution in [1.82, 2.24) is 0 Å². The second-order valence-electron chi connectivity index (χ2n) is 4.25. The summed E-state index contributed by atoms with van der Waals surface area (Å²) in [5, 5.41) is 0. The zero-order valence-corrected chi connectivity index (χ0v) is 11.8. The molecule has 94 valence electrons. The minimum atomic E-state index is -3.42. The summed E-state index contributed by atoms with van der Waals surface area (Å²) in [4.78, 5) is 0. The summed E-state index contributed by atoms with van der Waals surface area (Å²) in [5.74, 6) is 0. The molecule has 1 saturated heterocycles. The molecule has 0 aliphatic carbocycles. The van der Waals surface area contributed by atoms with Crippen molar-refractivity contribution in [2.75, 3.05) is 26.1 Å². The number of rotatable bonds is 4. The molecule has 0 amide bonds. The highest BCUT2D eigenvalue weighted by Gasteiger charge is 2.41. The average Bonchev–Trinajstić information content (AvgIpc) is 2.14. The monoisotopic (exact) mass is 320 g/mol. The van der Waals surface area contributed by atoms with Crippen molar-refractivity contribution in [3.63, 3.8) is 0 Å². The van der Waals surface area contributed by atoms with E-state index in [1.54, 1.807) is 0 Å². The van der Waals surface area contributed by atoms with Crippen LogP contribution >= 0.6 is 15.9 Å². The molecule has 1 heterocycles. The predicted molar refractivity (Wildman–Crippen MR) is 67.4 cm³/mol. The van der Waals surface area contributed by atoms with Gasteiger partial charge in [-0.3, -0.25) is 4.18 Å². The zero-order valence-electron chi connectivity index (χ0n) is 9.35. The molecule has 0 saturated carbocycles. The Bertz CT molecular complexity index is 508. The van der Waals surface area contributed by atoms with Crippen molar-refractivity contribution < 1.29 is 17.3 Å². The molecule has 2 rings (SSSR count). The van der Waals surface area contributed by atoms with Crippen LogP contribution in [-0.2, 0) is 24.5 Å². The van der Waals surface area contributed by atoms with Gasteiger partial charge in [-0.2, -0.15) is 8.42 Å². The summed E-state index contributed by atoms with van der Waals surface area (Å²) in [7, 11) is -3.42. The van der Waals surface area contributed by atoms with Crippen LogP contribution in [0.25, 0.3) is 0 Å². The van der Waals surface area contributed by atoms with Crippen LogP contribution in [0.4, 0.5) is 0 Å². The highest BCUT2D eigenvalue weighted by Crippen LogP contribution is 2.34. The van der Waals surface area contributed by atoms with Gasteiger partial charge in [-0.25, -0.2) is 0 Å². The van der Waals surface area contributed by atoms with Crippen LogP contribution < -0.4 is 0 Å². The van der Waals surface area contributed by atoms with Gasteiger partial charge in [-0.05, 0) is 17.7 Å². The second kappa shape index (κ2) is 4.68. The maximum absolute atomic E-state index is 11.0. The Morgan fingerprint density at radius 2 is 2.18 bits per heavy atom. The van der Waals surface area contributed by atoms with E-state index in [-0.39, 0.29) is 12.0 Å². The number of hydrogen-bond acceptors (Lipinski definition) is 4. The van der Waals surface area contributed by atoms with Crippen molar-refractivity contribution in [2.45, 2.75) is 5.41 Å². The third kappa shape index (κ3) is 3.07. The molecule has 0 unspecified atom stereocenters. The fourth-order valence-electron chi connectivity index (χ4n) is 1.72. The Labute approximate surface area is 109 Å². The van der Waals surface area contributed by atoms with Crippen LogP contribution in [0.15, 0.2) is 28.7 Å². The molecule has 0 spiro atoms.